The van der Waals surface area contributed by atoms with Crippen LogP contribution in [-0.2, 0) is 10.8 Å². The average Bonchev–Trinajstić information content (AvgIpc) is 3.20. The number of benzene rings is 7. The summed E-state index contributed by atoms with van der Waals surface area (Å²) in [5.41, 5.74) is 15.4. The Morgan fingerprint density at radius 3 is 0.889 bits per heavy atom. The van der Waals surface area contributed by atoms with Crippen molar-refractivity contribution in [3.63, 3.8) is 0 Å². The second-order valence-electron chi connectivity index (χ2n) is 16.0. The van der Waals surface area contributed by atoms with Crippen LogP contribution >= 0.6 is 0 Å². The van der Waals surface area contributed by atoms with Crippen LogP contribution in [0.15, 0.2) is 158 Å². The fourth-order valence-corrected chi connectivity index (χ4v) is 7.52. The van der Waals surface area contributed by atoms with Gasteiger partial charge in [-0.15, -0.1) is 0 Å². The van der Waals surface area contributed by atoms with E-state index in [0.29, 0.717) is 11.1 Å². The normalized spacial score (nSPS) is 11.5. The Kier molecular flexibility index (Phi) is 9.64. The maximum absolute atomic E-state index is 10.7. The highest BCUT2D eigenvalue weighted by molar-refractivity contribution is 6.15. The maximum atomic E-state index is 10.7. The van der Waals surface area contributed by atoms with Crippen molar-refractivity contribution >= 4 is 0 Å². The molecule has 2 nitrogen and oxygen atoms in total. The molecular formula is C52H44N2. The van der Waals surface area contributed by atoms with Gasteiger partial charge in [-0.1, -0.05) is 187 Å². The summed E-state index contributed by atoms with van der Waals surface area (Å²) in [5, 5.41) is 21.4. The highest BCUT2D eigenvalue weighted by atomic mass is 14.3. The van der Waals surface area contributed by atoms with Crippen molar-refractivity contribution in [2.24, 2.45) is 0 Å². The van der Waals surface area contributed by atoms with Crippen molar-refractivity contribution in [1.82, 2.24) is 0 Å². The summed E-state index contributed by atoms with van der Waals surface area (Å²) >= 11 is 0. The minimum atomic E-state index is -0.0380. The topological polar surface area (TPSA) is 47.6 Å². The first-order valence-corrected chi connectivity index (χ1v) is 18.6. The molecule has 7 aromatic carbocycles. The van der Waals surface area contributed by atoms with Crippen molar-refractivity contribution in [2.45, 2.75) is 52.4 Å². The van der Waals surface area contributed by atoms with Gasteiger partial charge in [0, 0.05) is 11.1 Å². The van der Waals surface area contributed by atoms with Crippen LogP contribution in [0, 0.1) is 22.7 Å². The highest BCUT2D eigenvalue weighted by Gasteiger charge is 2.31. The van der Waals surface area contributed by atoms with E-state index in [-0.39, 0.29) is 10.8 Å². The van der Waals surface area contributed by atoms with Crippen molar-refractivity contribution in [3.8, 4) is 78.9 Å². The van der Waals surface area contributed by atoms with Gasteiger partial charge in [-0.05, 0) is 89.7 Å². The molecule has 0 fully saturated rings. The van der Waals surface area contributed by atoms with Crippen LogP contribution in [0.1, 0.15) is 63.8 Å². The molecule has 7 rings (SSSR count). The standard InChI is InChI=1S/C52H44N2/c1-51(2,3)41-29-25-37(26-30-41)47-48(38-27-31-42(32-28-38)52(4,5)6)50(44-24-16-14-22-40(44)34-54)46(36-19-11-8-12-20-36)45(35-17-9-7-10-18-35)49(47)43-23-15-13-21-39(43)33-53/h7-32H,1-6H3. The molecule has 0 N–H and O–H groups in total. The number of nitriles is 2. The van der Waals surface area contributed by atoms with Gasteiger partial charge in [-0.25, -0.2) is 0 Å². The predicted octanol–water partition coefficient (Wildman–Crippen LogP) is 14.0. The van der Waals surface area contributed by atoms with E-state index in [2.05, 4.69) is 163 Å². The summed E-state index contributed by atoms with van der Waals surface area (Å²) in [7, 11) is 0. The summed E-state index contributed by atoms with van der Waals surface area (Å²) < 4.78 is 0. The first-order chi connectivity index (χ1) is 26.0. The summed E-state index contributed by atoms with van der Waals surface area (Å²) in [6.45, 7) is 13.4. The van der Waals surface area contributed by atoms with Crippen molar-refractivity contribution in [3.05, 3.63) is 180 Å². The molecular weight excluding hydrogens is 653 g/mol. The van der Waals surface area contributed by atoms with Gasteiger partial charge < -0.3 is 0 Å². The molecule has 0 radical (unpaired) electrons. The van der Waals surface area contributed by atoms with Crippen LogP contribution in [0.2, 0.25) is 0 Å². The molecule has 0 aliphatic heterocycles. The molecule has 0 bridgehead atoms. The summed E-state index contributed by atoms with van der Waals surface area (Å²) in [6, 6.07) is 59.9. The highest BCUT2D eigenvalue weighted by Crippen LogP contribution is 2.56. The molecule has 0 atom stereocenters. The molecule has 0 spiro atoms. The maximum Gasteiger partial charge on any atom is 0.0998 e. The van der Waals surface area contributed by atoms with Crippen LogP contribution in [0.25, 0.3) is 66.8 Å². The Bertz CT molecular complexity index is 2350. The molecule has 0 heterocycles. The molecule has 0 saturated carbocycles. The SMILES string of the molecule is CC(C)(C)c1ccc(-c2c(-c3ccc(C(C)(C)C)cc3)c(-c3ccccc3C#N)c(-c3ccccc3)c(-c3ccccc3)c2-c2ccccc2C#N)cc1. The van der Waals surface area contributed by atoms with Gasteiger partial charge in [0.25, 0.3) is 0 Å². The lowest BCUT2D eigenvalue weighted by Gasteiger charge is -2.30. The van der Waals surface area contributed by atoms with Crippen LogP contribution in [-0.4, -0.2) is 0 Å². The Morgan fingerprint density at radius 2 is 0.593 bits per heavy atom. The Labute approximate surface area is 320 Å². The van der Waals surface area contributed by atoms with Crippen molar-refractivity contribution in [1.29, 1.82) is 10.5 Å². The molecule has 0 saturated heterocycles. The zero-order valence-corrected chi connectivity index (χ0v) is 31.9. The summed E-state index contributed by atoms with van der Waals surface area (Å²) in [5.74, 6) is 0. The molecule has 7 aromatic rings. The lowest BCUT2D eigenvalue weighted by molar-refractivity contribution is 0.590. The molecule has 2 heteroatoms. The zero-order valence-electron chi connectivity index (χ0n) is 31.9. The third-order valence-electron chi connectivity index (χ3n) is 10.3. The minimum Gasteiger partial charge on any atom is -0.192 e. The fraction of sp³-hybridized carbons (Fsp3) is 0.154. The zero-order chi connectivity index (χ0) is 38.0. The second-order valence-corrected chi connectivity index (χ2v) is 16.0. The third kappa shape index (κ3) is 6.76. The third-order valence-corrected chi connectivity index (χ3v) is 10.3. The van der Waals surface area contributed by atoms with E-state index in [1.165, 1.54) is 11.1 Å². The molecule has 0 aromatic heterocycles. The van der Waals surface area contributed by atoms with E-state index < -0.39 is 0 Å². The van der Waals surface area contributed by atoms with Crippen molar-refractivity contribution in [2.75, 3.05) is 0 Å². The van der Waals surface area contributed by atoms with Gasteiger partial charge in [0.05, 0.1) is 23.3 Å². The quantitative estimate of drug-likeness (QED) is 0.174. The molecule has 0 unspecified atom stereocenters. The van der Waals surface area contributed by atoms with Gasteiger partial charge in [0.15, 0.2) is 0 Å². The van der Waals surface area contributed by atoms with Gasteiger partial charge in [-0.2, -0.15) is 10.5 Å². The fourth-order valence-electron chi connectivity index (χ4n) is 7.52. The van der Waals surface area contributed by atoms with E-state index in [1.807, 2.05) is 48.5 Å². The van der Waals surface area contributed by atoms with E-state index in [4.69, 9.17) is 0 Å². The largest absolute Gasteiger partial charge is 0.192 e. The number of hydrogen-bond acceptors (Lipinski definition) is 2. The monoisotopic (exact) mass is 696 g/mol. The van der Waals surface area contributed by atoms with Crippen molar-refractivity contribution < 1.29 is 0 Å². The van der Waals surface area contributed by atoms with Gasteiger partial charge in [-0.3, -0.25) is 0 Å². The van der Waals surface area contributed by atoms with E-state index in [9.17, 15) is 10.5 Å². The summed E-state index contributed by atoms with van der Waals surface area (Å²) in [4.78, 5) is 0. The molecule has 54 heavy (non-hydrogen) atoms. The van der Waals surface area contributed by atoms with Gasteiger partial charge in [0.1, 0.15) is 0 Å². The second kappa shape index (κ2) is 14.5. The predicted molar refractivity (Wildman–Crippen MR) is 226 cm³/mol. The molecule has 0 aliphatic rings. The lowest BCUT2D eigenvalue weighted by atomic mass is 9.72. The molecule has 0 amide bonds. The van der Waals surface area contributed by atoms with Gasteiger partial charge >= 0.3 is 0 Å². The Hall–Kier alpha value is -6.48. The average molecular weight is 697 g/mol. The van der Waals surface area contributed by atoms with Crippen LogP contribution in [0.3, 0.4) is 0 Å². The van der Waals surface area contributed by atoms with E-state index in [0.717, 1.165) is 66.8 Å². The van der Waals surface area contributed by atoms with Gasteiger partial charge in [0.2, 0.25) is 0 Å². The minimum absolute atomic E-state index is 0.0380. The smallest absolute Gasteiger partial charge is 0.0998 e. The number of hydrogen-bond donors (Lipinski definition) is 0. The molecule has 262 valence electrons. The number of rotatable bonds is 6. The summed E-state index contributed by atoms with van der Waals surface area (Å²) in [6.07, 6.45) is 0. The Morgan fingerprint density at radius 1 is 0.315 bits per heavy atom. The number of nitrogens with zero attached hydrogens (tertiary/aromatic N) is 2. The Balaban J connectivity index is 1.83. The molecule has 0 aliphatic carbocycles. The first-order valence-electron chi connectivity index (χ1n) is 18.6. The van der Waals surface area contributed by atoms with Crippen LogP contribution < -0.4 is 0 Å². The first kappa shape index (κ1) is 35.9. The van der Waals surface area contributed by atoms with E-state index >= 15 is 0 Å². The van der Waals surface area contributed by atoms with E-state index in [1.54, 1.807) is 0 Å². The lowest BCUT2D eigenvalue weighted by Crippen LogP contribution is -2.11. The van der Waals surface area contributed by atoms with Crippen LogP contribution in [0.4, 0.5) is 0 Å². The van der Waals surface area contributed by atoms with Crippen LogP contribution in [0.5, 0.6) is 0 Å².